The standard InChI is InChI=1S/C28H22FNO6/c1-2-3-14-35-28(34)17-4-9-19(10-5-17)30-24(16-6-11-20(31)12-7-16)23-25(32)21-15-18(29)8-13-22(21)36-26(23)27(30)33/h4-13,15,24,31H,2-3,14H2,1H3. The Morgan fingerprint density at radius 3 is 2.47 bits per heavy atom. The molecule has 1 aliphatic heterocycles. The summed E-state index contributed by atoms with van der Waals surface area (Å²) in [6.07, 6.45) is 1.66. The number of phenols is 1. The number of phenolic OH excluding ortho intramolecular Hbond substituents is 1. The van der Waals surface area contributed by atoms with E-state index in [9.17, 15) is 23.9 Å². The quantitative estimate of drug-likeness (QED) is 0.291. The smallest absolute Gasteiger partial charge is 0.338 e. The van der Waals surface area contributed by atoms with Gasteiger partial charge in [-0.2, -0.15) is 0 Å². The van der Waals surface area contributed by atoms with Crippen molar-refractivity contribution in [1.29, 1.82) is 0 Å². The van der Waals surface area contributed by atoms with Gasteiger partial charge in [0.2, 0.25) is 5.76 Å². The van der Waals surface area contributed by atoms with E-state index < -0.39 is 29.2 Å². The molecule has 3 aromatic carbocycles. The highest BCUT2D eigenvalue weighted by molar-refractivity contribution is 6.10. The second-order valence-electron chi connectivity index (χ2n) is 8.52. The predicted molar refractivity (Wildman–Crippen MR) is 131 cm³/mol. The lowest BCUT2D eigenvalue weighted by atomic mass is 9.98. The molecule has 5 rings (SSSR count). The Hall–Kier alpha value is -4.46. The molecule has 0 saturated carbocycles. The van der Waals surface area contributed by atoms with Gasteiger partial charge in [0.15, 0.2) is 5.43 Å². The van der Waals surface area contributed by atoms with Crippen LogP contribution in [-0.2, 0) is 4.74 Å². The van der Waals surface area contributed by atoms with Crippen LogP contribution in [0.4, 0.5) is 10.1 Å². The number of amides is 1. The molecule has 2 heterocycles. The van der Waals surface area contributed by atoms with Crippen LogP contribution in [0.15, 0.2) is 75.9 Å². The number of benzene rings is 3. The summed E-state index contributed by atoms with van der Waals surface area (Å²) in [7, 11) is 0. The monoisotopic (exact) mass is 487 g/mol. The number of unbranched alkanes of at least 4 members (excludes halogenated alkanes) is 1. The Morgan fingerprint density at radius 2 is 1.78 bits per heavy atom. The van der Waals surface area contributed by atoms with Crippen LogP contribution in [0.25, 0.3) is 11.0 Å². The summed E-state index contributed by atoms with van der Waals surface area (Å²) in [5, 5.41) is 9.80. The van der Waals surface area contributed by atoms with Gasteiger partial charge in [0.1, 0.15) is 17.1 Å². The van der Waals surface area contributed by atoms with Crippen molar-refractivity contribution in [3.63, 3.8) is 0 Å². The fraction of sp³-hybridized carbons (Fsp3) is 0.179. The van der Waals surface area contributed by atoms with E-state index in [0.29, 0.717) is 23.4 Å². The number of carbonyl (C=O) groups is 2. The molecule has 4 aromatic rings. The zero-order valence-corrected chi connectivity index (χ0v) is 19.4. The maximum atomic E-state index is 13.9. The van der Waals surface area contributed by atoms with Gasteiger partial charge < -0.3 is 14.3 Å². The number of nitrogens with zero attached hydrogens (tertiary/aromatic N) is 1. The van der Waals surface area contributed by atoms with Gasteiger partial charge in [-0.3, -0.25) is 14.5 Å². The van der Waals surface area contributed by atoms with Crippen LogP contribution in [-0.4, -0.2) is 23.6 Å². The van der Waals surface area contributed by atoms with Gasteiger partial charge in [0.25, 0.3) is 5.91 Å². The normalized spacial score (nSPS) is 14.8. The first kappa shape index (κ1) is 23.3. The summed E-state index contributed by atoms with van der Waals surface area (Å²) in [4.78, 5) is 40.8. The van der Waals surface area contributed by atoms with Crippen LogP contribution in [0.1, 0.15) is 57.8 Å². The first-order valence-corrected chi connectivity index (χ1v) is 11.5. The van der Waals surface area contributed by atoms with Crippen LogP contribution < -0.4 is 10.3 Å². The van der Waals surface area contributed by atoms with Crippen molar-refractivity contribution in [3.8, 4) is 5.75 Å². The SMILES string of the molecule is CCCCOC(=O)c1ccc(N2C(=O)c3oc4ccc(F)cc4c(=O)c3C2c2ccc(O)cc2)cc1. The Labute approximate surface area is 205 Å². The fourth-order valence-corrected chi connectivity index (χ4v) is 4.33. The van der Waals surface area contributed by atoms with Crippen LogP contribution in [0.2, 0.25) is 0 Å². The largest absolute Gasteiger partial charge is 0.508 e. The van der Waals surface area contributed by atoms with Crippen molar-refractivity contribution >= 4 is 28.5 Å². The molecule has 182 valence electrons. The van der Waals surface area contributed by atoms with Crippen LogP contribution in [0, 0.1) is 5.82 Å². The third-order valence-electron chi connectivity index (χ3n) is 6.15. The molecule has 1 amide bonds. The van der Waals surface area contributed by atoms with Gasteiger partial charge in [-0.25, -0.2) is 9.18 Å². The number of hydrogen-bond donors (Lipinski definition) is 1. The highest BCUT2D eigenvalue weighted by Gasteiger charge is 2.43. The van der Waals surface area contributed by atoms with E-state index in [0.717, 1.165) is 25.0 Å². The summed E-state index contributed by atoms with van der Waals surface area (Å²) in [5.41, 5.74) is 0.957. The zero-order chi connectivity index (χ0) is 25.4. The van der Waals surface area contributed by atoms with Crippen molar-refractivity contribution in [2.24, 2.45) is 0 Å². The third kappa shape index (κ3) is 4.00. The van der Waals surface area contributed by atoms with Crippen molar-refractivity contribution in [1.82, 2.24) is 0 Å². The summed E-state index contributed by atoms with van der Waals surface area (Å²) in [6.45, 7) is 2.32. The average Bonchev–Trinajstić information content (AvgIpc) is 3.17. The van der Waals surface area contributed by atoms with Gasteiger partial charge >= 0.3 is 5.97 Å². The maximum absolute atomic E-state index is 13.9. The predicted octanol–water partition coefficient (Wildman–Crippen LogP) is 5.34. The topological polar surface area (TPSA) is 97.0 Å². The van der Waals surface area contributed by atoms with Gasteiger partial charge in [0.05, 0.1) is 29.2 Å². The lowest BCUT2D eigenvalue weighted by molar-refractivity contribution is 0.0499. The molecule has 36 heavy (non-hydrogen) atoms. The molecule has 0 radical (unpaired) electrons. The lowest BCUT2D eigenvalue weighted by Gasteiger charge is -2.25. The van der Waals surface area contributed by atoms with Crippen LogP contribution in [0.3, 0.4) is 0 Å². The van der Waals surface area contributed by atoms with Crippen molar-refractivity contribution in [2.75, 3.05) is 11.5 Å². The van der Waals surface area contributed by atoms with Crippen molar-refractivity contribution in [2.45, 2.75) is 25.8 Å². The number of aromatic hydroxyl groups is 1. The van der Waals surface area contributed by atoms with Crippen LogP contribution in [0.5, 0.6) is 5.75 Å². The van der Waals surface area contributed by atoms with Crippen LogP contribution >= 0.6 is 0 Å². The molecule has 1 atom stereocenters. The Bertz CT molecular complexity index is 1530. The van der Waals surface area contributed by atoms with Gasteiger partial charge in [0, 0.05) is 5.69 Å². The third-order valence-corrected chi connectivity index (χ3v) is 6.15. The molecule has 7 nitrogen and oxygen atoms in total. The molecule has 0 bridgehead atoms. The maximum Gasteiger partial charge on any atom is 0.338 e. The number of ether oxygens (including phenoxy) is 1. The van der Waals surface area contributed by atoms with E-state index in [1.54, 1.807) is 36.4 Å². The summed E-state index contributed by atoms with van der Waals surface area (Å²) in [6, 6.07) is 15.1. The van der Waals surface area contributed by atoms with Gasteiger partial charge in [-0.05, 0) is 66.6 Å². The highest BCUT2D eigenvalue weighted by Crippen LogP contribution is 2.41. The lowest BCUT2D eigenvalue weighted by Crippen LogP contribution is -2.29. The summed E-state index contributed by atoms with van der Waals surface area (Å²) in [5.74, 6) is -1.73. The van der Waals surface area contributed by atoms with Gasteiger partial charge in [-0.1, -0.05) is 25.5 Å². The van der Waals surface area contributed by atoms with Crippen molar-refractivity contribution in [3.05, 3.63) is 105 Å². The minimum Gasteiger partial charge on any atom is -0.508 e. The molecule has 0 aliphatic carbocycles. The zero-order valence-electron chi connectivity index (χ0n) is 19.4. The molecular weight excluding hydrogens is 465 g/mol. The summed E-state index contributed by atoms with van der Waals surface area (Å²) >= 11 is 0. The molecule has 0 fully saturated rings. The second kappa shape index (κ2) is 9.30. The molecule has 1 aromatic heterocycles. The molecule has 1 N–H and O–H groups in total. The highest BCUT2D eigenvalue weighted by atomic mass is 19.1. The molecule has 1 unspecified atom stereocenters. The number of anilines is 1. The molecular formula is C28H22FNO6. The Morgan fingerprint density at radius 1 is 1.06 bits per heavy atom. The van der Waals surface area contributed by atoms with Gasteiger partial charge in [-0.15, -0.1) is 0 Å². The number of carbonyl (C=O) groups excluding carboxylic acids is 2. The molecule has 1 aliphatic rings. The van der Waals surface area contributed by atoms with E-state index in [2.05, 4.69) is 0 Å². The number of halogens is 1. The fourth-order valence-electron chi connectivity index (χ4n) is 4.33. The first-order chi connectivity index (χ1) is 17.4. The number of hydrogen-bond acceptors (Lipinski definition) is 6. The van der Waals surface area contributed by atoms with E-state index in [4.69, 9.17) is 9.15 Å². The Kier molecular flexibility index (Phi) is 6.01. The minimum atomic E-state index is -0.889. The van der Waals surface area contributed by atoms with E-state index in [1.807, 2.05) is 6.92 Å². The number of esters is 1. The first-order valence-electron chi connectivity index (χ1n) is 11.5. The van der Waals surface area contributed by atoms with E-state index >= 15 is 0 Å². The molecule has 0 spiro atoms. The minimum absolute atomic E-state index is 0.0217. The average molecular weight is 487 g/mol. The van der Waals surface area contributed by atoms with E-state index in [-0.39, 0.29) is 28.0 Å². The number of fused-ring (bicyclic) bond motifs is 2. The number of rotatable bonds is 6. The van der Waals surface area contributed by atoms with Crippen molar-refractivity contribution < 1.29 is 28.2 Å². The van der Waals surface area contributed by atoms with E-state index in [1.165, 1.54) is 23.1 Å². The molecule has 0 saturated heterocycles. The Balaban J connectivity index is 1.62. The molecule has 8 heteroatoms. The second-order valence-corrected chi connectivity index (χ2v) is 8.52. The summed E-state index contributed by atoms with van der Waals surface area (Å²) < 4.78 is 25.0.